The lowest BCUT2D eigenvalue weighted by molar-refractivity contribution is 0.132. The maximum absolute atomic E-state index is 9.32. The van der Waals surface area contributed by atoms with Gasteiger partial charge in [0.2, 0.25) is 11.8 Å². The Balaban J connectivity index is 2.96. The molecule has 0 radical (unpaired) electrons. The van der Waals surface area contributed by atoms with Gasteiger partial charge >= 0.3 is 0 Å². The van der Waals surface area contributed by atoms with Crippen LogP contribution in [0.25, 0.3) is 0 Å². The Morgan fingerprint density at radius 3 is 2.47 bits per heavy atom. The van der Waals surface area contributed by atoms with Gasteiger partial charge in [0, 0.05) is 11.8 Å². The molecule has 1 rings (SSSR count). The van der Waals surface area contributed by atoms with Crippen molar-refractivity contribution < 1.29 is 14.9 Å². The molecule has 0 atom stereocenters. The third-order valence-electron chi connectivity index (χ3n) is 2.70. The molecule has 6 heteroatoms. The van der Waals surface area contributed by atoms with E-state index in [0.717, 1.165) is 5.69 Å². The normalized spacial score (nSPS) is 11.4. The van der Waals surface area contributed by atoms with Gasteiger partial charge in [-0.1, -0.05) is 6.92 Å². The highest BCUT2D eigenvalue weighted by molar-refractivity contribution is 5.34. The second kappa shape index (κ2) is 5.79. The second-order valence-corrected chi connectivity index (χ2v) is 3.95. The number of hydrogen-bond acceptors (Lipinski definition) is 6. The van der Waals surface area contributed by atoms with Crippen LogP contribution in [0, 0.1) is 6.92 Å². The zero-order chi connectivity index (χ0) is 12.9. The molecule has 0 unspecified atom stereocenters. The number of nitrogens with one attached hydrogen (secondary N) is 1. The van der Waals surface area contributed by atoms with Gasteiger partial charge in [-0.2, -0.15) is 4.98 Å². The van der Waals surface area contributed by atoms with Gasteiger partial charge < -0.3 is 20.3 Å². The number of aryl methyl sites for hydroxylation is 1. The van der Waals surface area contributed by atoms with Gasteiger partial charge in [-0.25, -0.2) is 4.98 Å². The Kier molecular flexibility index (Phi) is 4.65. The molecule has 0 saturated heterocycles. The van der Waals surface area contributed by atoms with E-state index in [2.05, 4.69) is 15.3 Å². The molecule has 0 saturated carbocycles. The van der Waals surface area contributed by atoms with Crippen molar-refractivity contribution in [3.63, 3.8) is 0 Å². The third-order valence-corrected chi connectivity index (χ3v) is 2.70. The number of nitrogens with zero attached hydrogens (tertiary/aromatic N) is 2. The number of ether oxygens (including phenoxy) is 1. The maximum Gasteiger partial charge on any atom is 0.226 e. The van der Waals surface area contributed by atoms with E-state index < -0.39 is 5.54 Å². The molecule has 1 heterocycles. The standard InChI is InChI=1S/C11H19N3O3/c1-4-11(6-15,7-16)14-10-12-8(2)5-9(13-10)17-3/h5,15-16H,4,6-7H2,1-3H3,(H,12,13,14). The van der Waals surface area contributed by atoms with E-state index in [4.69, 9.17) is 4.74 Å². The molecule has 96 valence electrons. The van der Waals surface area contributed by atoms with E-state index in [0.29, 0.717) is 18.2 Å². The van der Waals surface area contributed by atoms with Crippen LogP contribution in [0.15, 0.2) is 6.07 Å². The summed E-state index contributed by atoms with van der Waals surface area (Å²) in [6.45, 7) is 3.30. The summed E-state index contributed by atoms with van der Waals surface area (Å²) in [6, 6.07) is 1.71. The minimum absolute atomic E-state index is 0.195. The van der Waals surface area contributed by atoms with Crippen LogP contribution in [0.2, 0.25) is 0 Å². The van der Waals surface area contributed by atoms with Gasteiger partial charge in [0.25, 0.3) is 0 Å². The van der Waals surface area contributed by atoms with Gasteiger partial charge in [-0.3, -0.25) is 0 Å². The average Bonchev–Trinajstić information content (AvgIpc) is 2.35. The summed E-state index contributed by atoms with van der Waals surface area (Å²) in [6.07, 6.45) is 0.555. The Morgan fingerprint density at radius 2 is 2.00 bits per heavy atom. The molecule has 17 heavy (non-hydrogen) atoms. The Labute approximate surface area is 101 Å². The van der Waals surface area contributed by atoms with Gasteiger partial charge in [-0.15, -0.1) is 0 Å². The highest BCUT2D eigenvalue weighted by Crippen LogP contribution is 2.18. The molecular formula is C11H19N3O3. The van der Waals surface area contributed by atoms with Gasteiger partial charge in [0.15, 0.2) is 0 Å². The zero-order valence-corrected chi connectivity index (χ0v) is 10.4. The first-order valence-electron chi connectivity index (χ1n) is 5.48. The quantitative estimate of drug-likeness (QED) is 0.665. The van der Waals surface area contributed by atoms with Crippen molar-refractivity contribution in [2.45, 2.75) is 25.8 Å². The van der Waals surface area contributed by atoms with Crippen molar-refractivity contribution in [1.82, 2.24) is 9.97 Å². The van der Waals surface area contributed by atoms with Crippen LogP contribution >= 0.6 is 0 Å². The average molecular weight is 241 g/mol. The van der Waals surface area contributed by atoms with Crippen LogP contribution in [0.3, 0.4) is 0 Å². The van der Waals surface area contributed by atoms with Crippen molar-refractivity contribution in [1.29, 1.82) is 0 Å². The van der Waals surface area contributed by atoms with Crippen LogP contribution in [0.1, 0.15) is 19.0 Å². The van der Waals surface area contributed by atoms with Crippen molar-refractivity contribution in [2.24, 2.45) is 0 Å². The van der Waals surface area contributed by atoms with Crippen molar-refractivity contribution >= 4 is 5.95 Å². The largest absolute Gasteiger partial charge is 0.481 e. The van der Waals surface area contributed by atoms with Gasteiger partial charge in [-0.05, 0) is 13.3 Å². The lowest BCUT2D eigenvalue weighted by Crippen LogP contribution is -2.45. The molecule has 0 bridgehead atoms. The smallest absolute Gasteiger partial charge is 0.226 e. The van der Waals surface area contributed by atoms with E-state index in [1.165, 1.54) is 7.11 Å². The summed E-state index contributed by atoms with van der Waals surface area (Å²) in [7, 11) is 1.52. The fourth-order valence-electron chi connectivity index (χ4n) is 1.38. The first-order chi connectivity index (χ1) is 8.09. The lowest BCUT2D eigenvalue weighted by Gasteiger charge is -2.29. The predicted octanol–water partition coefficient (Wildman–Crippen LogP) is 0.339. The Bertz CT molecular complexity index is 359. The molecule has 3 N–H and O–H groups in total. The molecule has 0 spiro atoms. The first kappa shape index (κ1) is 13.7. The molecule has 0 amide bonds. The summed E-state index contributed by atoms with van der Waals surface area (Å²) in [4.78, 5) is 8.30. The summed E-state index contributed by atoms with van der Waals surface area (Å²) in [5, 5.41) is 21.6. The summed E-state index contributed by atoms with van der Waals surface area (Å²) < 4.78 is 5.03. The maximum atomic E-state index is 9.32. The first-order valence-corrected chi connectivity index (χ1v) is 5.48. The van der Waals surface area contributed by atoms with Crippen molar-refractivity contribution in [3.8, 4) is 5.88 Å². The fourth-order valence-corrected chi connectivity index (χ4v) is 1.38. The topological polar surface area (TPSA) is 87.5 Å². The van der Waals surface area contributed by atoms with Crippen molar-refractivity contribution in [3.05, 3.63) is 11.8 Å². The van der Waals surface area contributed by atoms with E-state index in [9.17, 15) is 10.2 Å². The number of aromatic nitrogens is 2. The van der Waals surface area contributed by atoms with Crippen molar-refractivity contribution in [2.75, 3.05) is 25.6 Å². The number of aliphatic hydroxyl groups is 2. The monoisotopic (exact) mass is 241 g/mol. The van der Waals surface area contributed by atoms with Crippen LogP contribution in [0.5, 0.6) is 5.88 Å². The molecule has 1 aromatic heterocycles. The molecule has 1 aromatic rings. The van der Waals surface area contributed by atoms with E-state index in [1.54, 1.807) is 6.07 Å². The molecule has 0 aromatic carbocycles. The minimum Gasteiger partial charge on any atom is -0.481 e. The number of methoxy groups -OCH3 is 1. The highest BCUT2D eigenvalue weighted by Gasteiger charge is 2.27. The van der Waals surface area contributed by atoms with E-state index in [-0.39, 0.29) is 13.2 Å². The Hall–Kier alpha value is -1.40. The summed E-state index contributed by atoms with van der Waals surface area (Å²) in [5.41, 5.74) is -0.0565. The Morgan fingerprint density at radius 1 is 1.35 bits per heavy atom. The zero-order valence-electron chi connectivity index (χ0n) is 10.4. The number of rotatable bonds is 6. The molecule has 0 aliphatic carbocycles. The summed E-state index contributed by atoms with van der Waals surface area (Å²) >= 11 is 0. The minimum atomic E-state index is -0.807. The molecule has 0 aliphatic rings. The van der Waals surface area contributed by atoms with Crippen LogP contribution in [-0.2, 0) is 0 Å². The van der Waals surface area contributed by atoms with Crippen LogP contribution < -0.4 is 10.1 Å². The molecular weight excluding hydrogens is 222 g/mol. The van der Waals surface area contributed by atoms with Crippen LogP contribution in [-0.4, -0.2) is 46.0 Å². The van der Waals surface area contributed by atoms with Gasteiger partial charge in [0.1, 0.15) is 0 Å². The van der Waals surface area contributed by atoms with Crippen LogP contribution in [0.4, 0.5) is 5.95 Å². The number of aliphatic hydroxyl groups excluding tert-OH is 2. The third kappa shape index (κ3) is 3.28. The van der Waals surface area contributed by atoms with E-state index >= 15 is 0 Å². The highest BCUT2D eigenvalue weighted by atomic mass is 16.5. The summed E-state index contributed by atoms with van der Waals surface area (Å²) in [5.74, 6) is 0.785. The molecule has 6 nitrogen and oxygen atoms in total. The number of anilines is 1. The fraction of sp³-hybridized carbons (Fsp3) is 0.636. The SMILES string of the molecule is CCC(CO)(CO)Nc1nc(C)cc(OC)n1. The second-order valence-electron chi connectivity index (χ2n) is 3.95. The predicted molar refractivity (Wildman–Crippen MR) is 64.1 cm³/mol. The number of hydrogen-bond donors (Lipinski definition) is 3. The van der Waals surface area contributed by atoms with E-state index in [1.807, 2.05) is 13.8 Å². The molecule has 0 aliphatic heterocycles. The molecule has 0 fully saturated rings. The lowest BCUT2D eigenvalue weighted by atomic mass is 9.99. The van der Waals surface area contributed by atoms with Gasteiger partial charge in [0.05, 0.1) is 25.9 Å².